The Morgan fingerprint density at radius 3 is 3.06 bits per heavy atom. The van der Waals surface area contributed by atoms with Crippen LogP contribution >= 0.6 is 15.9 Å². The van der Waals surface area contributed by atoms with E-state index in [1.165, 1.54) is 29.7 Å². The van der Waals surface area contributed by atoms with Crippen molar-refractivity contribution in [2.45, 2.75) is 18.9 Å². The molecule has 0 bridgehead atoms. The molecule has 2 heterocycles. The molecule has 0 amide bonds. The van der Waals surface area contributed by atoms with Gasteiger partial charge in [0.05, 0.1) is 11.7 Å². The molecule has 4 heteroatoms. The molecule has 3 nitrogen and oxygen atoms in total. The standard InChI is InChI=1S/C14H16BrN3/c1-18-9-12(10-4-2-5-11(15)8-10)14(17-18)13-6-3-7-16-13/h2,4-5,8-9,13,16H,3,6-7H2,1H3. The summed E-state index contributed by atoms with van der Waals surface area (Å²) < 4.78 is 3.01. The lowest BCUT2D eigenvalue weighted by Crippen LogP contribution is -2.14. The summed E-state index contributed by atoms with van der Waals surface area (Å²) in [6.45, 7) is 1.10. The zero-order valence-electron chi connectivity index (χ0n) is 10.4. The Kier molecular flexibility index (Phi) is 3.22. The van der Waals surface area contributed by atoms with Gasteiger partial charge in [0.15, 0.2) is 0 Å². The van der Waals surface area contributed by atoms with Crippen molar-refractivity contribution < 1.29 is 0 Å². The average molecular weight is 306 g/mol. The quantitative estimate of drug-likeness (QED) is 0.923. The molecule has 1 aliphatic rings. The van der Waals surface area contributed by atoms with Crippen molar-refractivity contribution in [3.8, 4) is 11.1 Å². The van der Waals surface area contributed by atoms with Crippen LogP contribution in [0, 0.1) is 0 Å². The third-order valence-electron chi connectivity index (χ3n) is 3.38. The monoisotopic (exact) mass is 305 g/mol. The number of halogens is 1. The topological polar surface area (TPSA) is 29.9 Å². The Hall–Kier alpha value is -1.13. The predicted octanol–water partition coefficient (Wildman–Crippen LogP) is 3.27. The molecule has 1 aromatic carbocycles. The number of nitrogens with one attached hydrogen (secondary N) is 1. The molecule has 3 rings (SSSR count). The lowest BCUT2D eigenvalue weighted by atomic mass is 10.0. The normalized spacial score (nSPS) is 19.3. The number of rotatable bonds is 2. The van der Waals surface area contributed by atoms with Crippen molar-refractivity contribution in [1.82, 2.24) is 15.1 Å². The first-order valence-corrected chi connectivity index (χ1v) is 7.06. The highest BCUT2D eigenvalue weighted by molar-refractivity contribution is 9.10. The number of hydrogen-bond donors (Lipinski definition) is 1. The van der Waals surface area contributed by atoms with Crippen molar-refractivity contribution in [1.29, 1.82) is 0 Å². The maximum atomic E-state index is 4.64. The van der Waals surface area contributed by atoms with E-state index in [-0.39, 0.29) is 0 Å². The zero-order valence-corrected chi connectivity index (χ0v) is 11.9. The van der Waals surface area contributed by atoms with Gasteiger partial charge in [-0.1, -0.05) is 28.1 Å². The third-order valence-corrected chi connectivity index (χ3v) is 3.88. The summed E-state index contributed by atoms with van der Waals surface area (Å²) in [5.41, 5.74) is 3.63. The van der Waals surface area contributed by atoms with E-state index in [0.29, 0.717) is 6.04 Å². The van der Waals surface area contributed by atoms with Gasteiger partial charge in [-0.15, -0.1) is 0 Å². The third kappa shape index (κ3) is 2.22. The molecule has 0 radical (unpaired) electrons. The summed E-state index contributed by atoms with van der Waals surface area (Å²) in [5.74, 6) is 0. The number of aromatic nitrogens is 2. The van der Waals surface area contributed by atoms with E-state index in [9.17, 15) is 0 Å². The number of nitrogens with zero attached hydrogens (tertiary/aromatic N) is 2. The number of hydrogen-bond acceptors (Lipinski definition) is 2. The molecule has 1 aromatic heterocycles. The second-order valence-electron chi connectivity index (χ2n) is 4.76. The van der Waals surface area contributed by atoms with Gasteiger partial charge < -0.3 is 5.32 Å². The van der Waals surface area contributed by atoms with E-state index in [4.69, 9.17) is 0 Å². The number of benzene rings is 1. The predicted molar refractivity (Wildman–Crippen MR) is 76.3 cm³/mol. The molecular formula is C14H16BrN3. The van der Waals surface area contributed by atoms with E-state index in [2.05, 4.69) is 50.7 Å². The van der Waals surface area contributed by atoms with Crippen LogP contribution in [-0.4, -0.2) is 16.3 Å². The number of aryl methyl sites for hydroxylation is 1. The molecular weight excluding hydrogens is 290 g/mol. The van der Waals surface area contributed by atoms with Gasteiger partial charge in [-0.25, -0.2) is 0 Å². The smallest absolute Gasteiger partial charge is 0.0872 e. The van der Waals surface area contributed by atoms with Crippen molar-refractivity contribution >= 4 is 15.9 Å². The first kappa shape index (κ1) is 11.9. The van der Waals surface area contributed by atoms with Gasteiger partial charge in [0, 0.05) is 23.3 Å². The molecule has 1 fully saturated rings. The summed E-state index contributed by atoms with van der Waals surface area (Å²) in [5, 5.41) is 8.16. The lowest BCUT2D eigenvalue weighted by molar-refractivity contribution is 0.607. The Morgan fingerprint density at radius 2 is 2.33 bits per heavy atom. The fourth-order valence-corrected chi connectivity index (χ4v) is 2.96. The highest BCUT2D eigenvalue weighted by Crippen LogP contribution is 2.32. The molecule has 1 saturated heterocycles. The maximum absolute atomic E-state index is 4.64. The molecule has 0 saturated carbocycles. The molecule has 2 aromatic rings. The van der Waals surface area contributed by atoms with Crippen molar-refractivity contribution in [3.05, 3.63) is 40.6 Å². The first-order chi connectivity index (χ1) is 8.74. The second-order valence-corrected chi connectivity index (χ2v) is 5.68. The zero-order chi connectivity index (χ0) is 12.5. The van der Waals surface area contributed by atoms with Gasteiger partial charge in [-0.3, -0.25) is 4.68 Å². The van der Waals surface area contributed by atoms with Crippen molar-refractivity contribution in [2.75, 3.05) is 6.54 Å². The van der Waals surface area contributed by atoms with Crippen LogP contribution in [0.15, 0.2) is 34.9 Å². The Labute approximate surface area is 115 Å². The minimum absolute atomic E-state index is 0.403. The SMILES string of the molecule is Cn1cc(-c2cccc(Br)c2)c(C2CCCN2)n1. The first-order valence-electron chi connectivity index (χ1n) is 6.27. The average Bonchev–Trinajstić information content (AvgIpc) is 2.97. The summed E-state index contributed by atoms with van der Waals surface area (Å²) in [6, 6.07) is 8.81. The largest absolute Gasteiger partial charge is 0.309 e. The minimum Gasteiger partial charge on any atom is -0.309 e. The van der Waals surface area contributed by atoms with Gasteiger partial charge in [0.1, 0.15) is 0 Å². The van der Waals surface area contributed by atoms with E-state index < -0.39 is 0 Å². The van der Waals surface area contributed by atoms with Gasteiger partial charge in [0.2, 0.25) is 0 Å². The molecule has 1 N–H and O–H groups in total. The summed E-state index contributed by atoms with van der Waals surface area (Å²) in [4.78, 5) is 0. The Bertz CT molecular complexity index is 556. The van der Waals surface area contributed by atoms with E-state index in [0.717, 1.165) is 11.0 Å². The van der Waals surface area contributed by atoms with Crippen LogP contribution in [0.3, 0.4) is 0 Å². The van der Waals surface area contributed by atoms with Crippen LogP contribution in [-0.2, 0) is 7.05 Å². The highest BCUT2D eigenvalue weighted by Gasteiger charge is 2.22. The summed E-state index contributed by atoms with van der Waals surface area (Å²) in [7, 11) is 1.99. The van der Waals surface area contributed by atoms with Crippen LogP contribution in [0.2, 0.25) is 0 Å². The second kappa shape index (κ2) is 4.86. The van der Waals surface area contributed by atoms with Gasteiger partial charge >= 0.3 is 0 Å². The molecule has 0 aliphatic carbocycles. The van der Waals surface area contributed by atoms with Crippen LogP contribution in [0.25, 0.3) is 11.1 Å². The molecule has 0 spiro atoms. The Balaban J connectivity index is 2.05. The molecule has 18 heavy (non-hydrogen) atoms. The van der Waals surface area contributed by atoms with Gasteiger partial charge in [-0.2, -0.15) is 5.10 Å². The lowest BCUT2D eigenvalue weighted by Gasteiger charge is -2.10. The van der Waals surface area contributed by atoms with Crippen molar-refractivity contribution in [3.63, 3.8) is 0 Å². The van der Waals surface area contributed by atoms with Crippen molar-refractivity contribution in [2.24, 2.45) is 7.05 Å². The molecule has 1 aliphatic heterocycles. The van der Waals surface area contributed by atoms with E-state index >= 15 is 0 Å². The molecule has 94 valence electrons. The van der Waals surface area contributed by atoms with Crippen LogP contribution in [0.4, 0.5) is 0 Å². The molecule has 1 unspecified atom stereocenters. The summed E-state index contributed by atoms with van der Waals surface area (Å²) in [6.07, 6.45) is 4.52. The van der Waals surface area contributed by atoms with Crippen LogP contribution < -0.4 is 5.32 Å². The van der Waals surface area contributed by atoms with Gasteiger partial charge in [-0.05, 0) is 37.1 Å². The van der Waals surface area contributed by atoms with E-state index in [1.807, 2.05) is 17.8 Å². The minimum atomic E-state index is 0.403. The fraction of sp³-hybridized carbons (Fsp3) is 0.357. The Morgan fingerprint density at radius 1 is 1.44 bits per heavy atom. The van der Waals surface area contributed by atoms with E-state index in [1.54, 1.807) is 0 Å². The summed E-state index contributed by atoms with van der Waals surface area (Å²) >= 11 is 3.53. The van der Waals surface area contributed by atoms with Crippen LogP contribution in [0.1, 0.15) is 24.6 Å². The maximum Gasteiger partial charge on any atom is 0.0872 e. The fourth-order valence-electron chi connectivity index (χ4n) is 2.56. The highest BCUT2D eigenvalue weighted by atomic mass is 79.9. The molecule has 1 atom stereocenters. The van der Waals surface area contributed by atoms with Crippen LogP contribution in [0.5, 0.6) is 0 Å². The van der Waals surface area contributed by atoms with Gasteiger partial charge in [0.25, 0.3) is 0 Å².